The molecule has 1 aromatic carbocycles. The van der Waals surface area contributed by atoms with Crippen LogP contribution in [-0.2, 0) is 0 Å². The van der Waals surface area contributed by atoms with Gasteiger partial charge in [-0.25, -0.2) is 0 Å². The molecule has 2 N–H and O–H groups in total. The predicted molar refractivity (Wildman–Crippen MR) is 83.0 cm³/mol. The lowest BCUT2D eigenvalue weighted by atomic mass is 10.0. The van der Waals surface area contributed by atoms with Gasteiger partial charge in [-0.1, -0.05) is 24.6 Å². The zero-order chi connectivity index (χ0) is 14.4. The van der Waals surface area contributed by atoms with Gasteiger partial charge in [0.15, 0.2) is 5.17 Å². The van der Waals surface area contributed by atoms with Crippen LogP contribution in [0.25, 0.3) is 0 Å². The summed E-state index contributed by atoms with van der Waals surface area (Å²) < 4.78 is 0. The first-order valence-electron chi connectivity index (χ1n) is 7.15. The second kappa shape index (κ2) is 4.59. The molecule has 0 atom stereocenters. The van der Waals surface area contributed by atoms with Gasteiger partial charge in [0.05, 0.1) is 16.7 Å². The first kappa shape index (κ1) is 12.9. The highest BCUT2D eigenvalue weighted by atomic mass is 32.2. The number of hydrogen-bond acceptors (Lipinski definition) is 5. The molecule has 2 amide bonds. The molecule has 2 aliphatic heterocycles. The molecule has 0 radical (unpaired) electrons. The van der Waals surface area contributed by atoms with Crippen molar-refractivity contribution in [3.8, 4) is 0 Å². The number of amidine groups is 1. The third-order valence-electron chi connectivity index (χ3n) is 4.34. The number of aliphatic imine (C=N–C) groups is 1. The average Bonchev–Trinajstić information content (AvgIpc) is 3.15. The molecule has 5 nitrogen and oxygen atoms in total. The number of imide groups is 1. The van der Waals surface area contributed by atoms with Crippen molar-refractivity contribution >= 4 is 34.4 Å². The molecule has 0 saturated heterocycles. The maximum absolute atomic E-state index is 11.7. The Morgan fingerprint density at radius 1 is 1.14 bits per heavy atom. The van der Waals surface area contributed by atoms with Crippen LogP contribution in [0, 0.1) is 0 Å². The van der Waals surface area contributed by atoms with E-state index in [9.17, 15) is 9.59 Å². The minimum Gasteiger partial charge on any atom is -0.335 e. The van der Waals surface area contributed by atoms with Crippen molar-refractivity contribution in [3.63, 3.8) is 0 Å². The van der Waals surface area contributed by atoms with Gasteiger partial charge >= 0.3 is 0 Å². The summed E-state index contributed by atoms with van der Waals surface area (Å²) in [5.74, 6) is 0.394. The van der Waals surface area contributed by atoms with Gasteiger partial charge in [-0.15, -0.1) is 0 Å². The zero-order valence-electron chi connectivity index (χ0n) is 11.4. The quantitative estimate of drug-likeness (QED) is 0.781. The number of amides is 2. The Morgan fingerprint density at radius 3 is 2.71 bits per heavy atom. The molecule has 0 aromatic heterocycles. The number of benzene rings is 1. The standard InChI is InChI=1S/C15H15N3O2S/c19-12-10-4-3-9(7-11(10)13(20)17-12)16-14-18-15(8-21-14)5-1-2-6-15/h3-4,7H,1-2,5-6,8H2,(H,16,18)(H,17,19,20). The minimum atomic E-state index is -0.327. The Labute approximate surface area is 126 Å². The lowest BCUT2D eigenvalue weighted by molar-refractivity contribution is 0.0879. The molecule has 1 spiro atoms. The average molecular weight is 301 g/mol. The van der Waals surface area contributed by atoms with Crippen LogP contribution in [0.1, 0.15) is 46.4 Å². The molecule has 1 aliphatic carbocycles. The Balaban J connectivity index is 1.57. The van der Waals surface area contributed by atoms with E-state index in [0.29, 0.717) is 11.1 Å². The Hall–Kier alpha value is -1.82. The molecule has 1 aromatic rings. The molecular weight excluding hydrogens is 286 g/mol. The van der Waals surface area contributed by atoms with Crippen LogP contribution in [-0.4, -0.2) is 28.3 Å². The summed E-state index contributed by atoms with van der Waals surface area (Å²) in [6.45, 7) is 0. The second-order valence-electron chi connectivity index (χ2n) is 5.81. The first-order chi connectivity index (χ1) is 10.2. The van der Waals surface area contributed by atoms with Crippen molar-refractivity contribution in [3.05, 3.63) is 29.3 Å². The third-order valence-corrected chi connectivity index (χ3v) is 5.49. The van der Waals surface area contributed by atoms with E-state index < -0.39 is 0 Å². The van der Waals surface area contributed by atoms with Gasteiger partial charge in [-0.3, -0.25) is 19.9 Å². The van der Waals surface area contributed by atoms with Gasteiger partial charge in [-0.2, -0.15) is 0 Å². The van der Waals surface area contributed by atoms with Crippen LogP contribution in [0.15, 0.2) is 23.2 Å². The highest BCUT2D eigenvalue weighted by Gasteiger charge is 2.38. The Kier molecular flexibility index (Phi) is 2.82. The van der Waals surface area contributed by atoms with Crippen LogP contribution < -0.4 is 10.6 Å². The lowest BCUT2D eigenvalue weighted by Crippen LogP contribution is -2.21. The van der Waals surface area contributed by atoms with Crippen LogP contribution in [0.5, 0.6) is 0 Å². The predicted octanol–water partition coefficient (Wildman–Crippen LogP) is 2.40. The lowest BCUT2D eigenvalue weighted by Gasteiger charge is -2.16. The molecule has 1 fully saturated rings. The number of carbonyl (C=O) groups is 2. The Morgan fingerprint density at radius 2 is 1.90 bits per heavy atom. The maximum Gasteiger partial charge on any atom is 0.259 e. The number of nitrogens with zero attached hydrogens (tertiary/aromatic N) is 1. The smallest absolute Gasteiger partial charge is 0.259 e. The van der Waals surface area contributed by atoms with Crippen molar-refractivity contribution in [2.75, 3.05) is 11.1 Å². The monoisotopic (exact) mass is 301 g/mol. The number of hydrogen-bond donors (Lipinski definition) is 2. The largest absolute Gasteiger partial charge is 0.335 e. The minimum absolute atomic E-state index is 0.136. The summed E-state index contributed by atoms with van der Waals surface area (Å²) in [6, 6.07) is 5.22. The number of carbonyl (C=O) groups excluding carboxylic acids is 2. The molecule has 4 rings (SSSR count). The molecule has 0 bridgehead atoms. The Bertz CT molecular complexity index is 677. The van der Waals surface area contributed by atoms with Crippen molar-refractivity contribution in [1.29, 1.82) is 0 Å². The maximum atomic E-state index is 11.7. The van der Waals surface area contributed by atoms with Gasteiger partial charge < -0.3 is 5.32 Å². The van der Waals surface area contributed by atoms with Crippen LogP contribution in [0.2, 0.25) is 0 Å². The van der Waals surface area contributed by atoms with Gasteiger partial charge in [0.25, 0.3) is 11.8 Å². The number of thioether (sulfide) groups is 1. The molecular formula is C15H15N3O2S. The SMILES string of the molecule is O=C1NC(=O)c2cc(NC3=NC4(CCCC4)CS3)ccc21. The van der Waals surface area contributed by atoms with E-state index in [2.05, 4.69) is 10.6 Å². The van der Waals surface area contributed by atoms with Crippen molar-refractivity contribution in [2.24, 2.45) is 4.99 Å². The highest BCUT2D eigenvalue weighted by Crippen LogP contribution is 2.41. The number of fused-ring (bicyclic) bond motifs is 1. The van der Waals surface area contributed by atoms with Crippen LogP contribution >= 0.6 is 11.8 Å². The van der Waals surface area contributed by atoms with Gasteiger partial charge in [0.1, 0.15) is 0 Å². The number of anilines is 1. The summed E-state index contributed by atoms with van der Waals surface area (Å²) >= 11 is 1.74. The molecule has 3 aliphatic rings. The van der Waals surface area contributed by atoms with E-state index in [1.807, 2.05) is 6.07 Å². The summed E-state index contributed by atoms with van der Waals surface area (Å²) in [5.41, 5.74) is 1.82. The molecule has 6 heteroatoms. The van der Waals surface area contributed by atoms with Gasteiger partial charge in [-0.05, 0) is 31.0 Å². The fourth-order valence-electron chi connectivity index (χ4n) is 3.21. The molecule has 0 unspecified atom stereocenters. The second-order valence-corrected chi connectivity index (χ2v) is 6.77. The molecule has 21 heavy (non-hydrogen) atoms. The molecule has 2 heterocycles. The summed E-state index contributed by atoms with van der Waals surface area (Å²) in [4.78, 5) is 28.0. The third kappa shape index (κ3) is 2.14. The van der Waals surface area contributed by atoms with E-state index in [1.165, 1.54) is 25.7 Å². The van der Waals surface area contributed by atoms with E-state index in [0.717, 1.165) is 16.6 Å². The fraction of sp³-hybridized carbons (Fsp3) is 0.400. The van der Waals surface area contributed by atoms with Crippen LogP contribution in [0.3, 0.4) is 0 Å². The highest BCUT2D eigenvalue weighted by molar-refractivity contribution is 8.14. The topological polar surface area (TPSA) is 70.6 Å². The van der Waals surface area contributed by atoms with E-state index in [1.54, 1.807) is 23.9 Å². The molecule has 1 saturated carbocycles. The number of rotatable bonds is 1. The summed E-state index contributed by atoms with van der Waals surface area (Å²) in [7, 11) is 0. The summed E-state index contributed by atoms with van der Waals surface area (Å²) in [5, 5.41) is 6.50. The summed E-state index contributed by atoms with van der Waals surface area (Å²) in [6.07, 6.45) is 4.87. The van der Waals surface area contributed by atoms with Crippen molar-refractivity contribution in [1.82, 2.24) is 5.32 Å². The van der Waals surface area contributed by atoms with Crippen molar-refractivity contribution in [2.45, 2.75) is 31.2 Å². The van der Waals surface area contributed by atoms with E-state index in [4.69, 9.17) is 4.99 Å². The molecule has 108 valence electrons. The fourth-order valence-corrected chi connectivity index (χ4v) is 4.41. The van der Waals surface area contributed by atoms with Crippen molar-refractivity contribution < 1.29 is 9.59 Å². The normalized spacial score (nSPS) is 22.4. The van der Waals surface area contributed by atoms with E-state index >= 15 is 0 Å². The van der Waals surface area contributed by atoms with Gasteiger partial charge in [0.2, 0.25) is 0 Å². The zero-order valence-corrected chi connectivity index (χ0v) is 12.3. The van der Waals surface area contributed by atoms with Crippen LogP contribution in [0.4, 0.5) is 5.69 Å². The first-order valence-corrected chi connectivity index (χ1v) is 8.13. The number of nitrogens with one attached hydrogen (secondary N) is 2. The van der Waals surface area contributed by atoms with E-state index in [-0.39, 0.29) is 17.4 Å². The van der Waals surface area contributed by atoms with Gasteiger partial charge in [0, 0.05) is 11.4 Å².